The second-order valence-electron chi connectivity index (χ2n) is 3.90. The Balaban J connectivity index is 2.37. The Bertz CT molecular complexity index is 555. The van der Waals surface area contributed by atoms with Crippen LogP contribution >= 0.6 is 0 Å². The number of hydrogen-bond donors (Lipinski definition) is 0. The van der Waals surface area contributed by atoms with E-state index in [-0.39, 0.29) is 11.6 Å². The van der Waals surface area contributed by atoms with Gasteiger partial charge in [0.2, 0.25) is 0 Å². The van der Waals surface area contributed by atoms with Crippen molar-refractivity contribution in [1.29, 1.82) is 0 Å². The summed E-state index contributed by atoms with van der Waals surface area (Å²) in [4.78, 5) is 11.4. The van der Waals surface area contributed by atoms with Gasteiger partial charge in [0.15, 0.2) is 11.5 Å². The fourth-order valence-corrected chi connectivity index (χ4v) is 1.56. The summed E-state index contributed by atoms with van der Waals surface area (Å²) < 4.78 is 18.8. The first-order valence-electron chi connectivity index (χ1n) is 5.51. The molecule has 2 nitrogen and oxygen atoms in total. The van der Waals surface area contributed by atoms with E-state index < -0.39 is 0 Å². The molecular formula is C14H13FO2. The molecule has 0 N–H and O–H groups in total. The van der Waals surface area contributed by atoms with Crippen LogP contribution in [0.4, 0.5) is 4.39 Å². The SMILES string of the molecule is CCC(=O)c1ccc(-c2ccc(C)c(F)c2)o1. The first-order valence-corrected chi connectivity index (χ1v) is 5.51. The number of rotatable bonds is 3. The van der Waals surface area contributed by atoms with Crippen LogP contribution in [0.15, 0.2) is 34.7 Å². The lowest BCUT2D eigenvalue weighted by Gasteiger charge is -2.00. The molecule has 88 valence electrons. The average molecular weight is 232 g/mol. The van der Waals surface area contributed by atoms with Crippen LogP contribution in [-0.2, 0) is 0 Å². The van der Waals surface area contributed by atoms with Gasteiger partial charge >= 0.3 is 0 Å². The van der Waals surface area contributed by atoms with Crippen LogP contribution in [0.3, 0.4) is 0 Å². The summed E-state index contributed by atoms with van der Waals surface area (Å²) in [5.41, 5.74) is 1.23. The van der Waals surface area contributed by atoms with E-state index in [2.05, 4.69) is 0 Å². The first-order chi connectivity index (χ1) is 8.11. The highest BCUT2D eigenvalue weighted by Gasteiger charge is 2.11. The van der Waals surface area contributed by atoms with E-state index in [1.807, 2.05) is 0 Å². The smallest absolute Gasteiger partial charge is 0.197 e. The highest BCUT2D eigenvalue weighted by Crippen LogP contribution is 2.24. The zero-order chi connectivity index (χ0) is 12.4. The second-order valence-corrected chi connectivity index (χ2v) is 3.90. The largest absolute Gasteiger partial charge is 0.453 e. The van der Waals surface area contributed by atoms with Crippen LogP contribution in [0.25, 0.3) is 11.3 Å². The van der Waals surface area contributed by atoms with Crippen molar-refractivity contribution in [3.8, 4) is 11.3 Å². The van der Waals surface area contributed by atoms with Crippen LogP contribution in [-0.4, -0.2) is 5.78 Å². The Morgan fingerprint density at radius 2 is 2.06 bits per heavy atom. The van der Waals surface area contributed by atoms with Crippen molar-refractivity contribution >= 4 is 5.78 Å². The van der Waals surface area contributed by atoms with Crippen molar-refractivity contribution in [2.75, 3.05) is 0 Å². The Morgan fingerprint density at radius 3 is 2.71 bits per heavy atom. The first kappa shape index (κ1) is 11.6. The Kier molecular flexibility index (Phi) is 3.09. The third kappa shape index (κ3) is 2.28. The molecule has 1 heterocycles. The Hall–Kier alpha value is -1.90. The average Bonchev–Trinajstić information content (AvgIpc) is 2.81. The van der Waals surface area contributed by atoms with Gasteiger partial charge in [0.05, 0.1) is 0 Å². The minimum atomic E-state index is -0.276. The van der Waals surface area contributed by atoms with Crippen LogP contribution in [0.2, 0.25) is 0 Å². The second kappa shape index (κ2) is 4.53. The van der Waals surface area contributed by atoms with E-state index in [1.54, 1.807) is 38.1 Å². The fourth-order valence-electron chi connectivity index (χ4n) is 1.56. The summed E-state index contributed by atoms with van der Waals surface area (Å²) in [6, 6.07) is 8.19. The predicted molar refractivity (Wildman–Crippen MR) is 63.5 cm³/mol. The molecule has 3 heteroatoms. The van der Waals surface area contributed by atoms with Crippen molar-refractivity contribution in [3.05, 3.63) is 47.5 Å². The minimum absolute atomic E-state index is 0.0520. The molecule has 0 radical (unpaired) electrons. The summed E-state index contributed by atoms with van der Waals surface area (Å²) in [5, 5.41) is 0. The van der Waals surface area contributed by atoms with Crippen molar-refractivity contribution < 1.29 is 13.6 Å². The molecule has 0 aliphatic carbocycles. The molecule has 0 amide bonds. The molecule has 2 aromatic rings. The highest BCUT2D eigenvalue weighted by molar-refractivity contribution is 5.93. The van der Waals surface area contributed by atoms with Gasteiger partial charge in [0, 0.05) is 12.0 Å². The number of Topliss-reactive ketones (excluding diaryl/α,β-unsaturated/α-hetero) is 1. The zero-order valence-corrected chi connectivity index (χ0v) is 9.79. The number of halogens is 1. The van der Waals surface area contributed by atoms with Gasteiger partial charge in [-0.15, -0.1) is 0 Å². The predicted octanol–water partition coefficient (Wildman–Crippen LogP) is 3.99. The number of carbonyl (C=O) groups is 1. The molecule has 17 heavy (non-hydrogen) atoms. The Morgan fingerprint density at radius 1 is 1.29 bits per heavy atom. The van der Waals surface area contributed by atoms with E-state index in [1.165, 1.54) is 6.07 Å². The molecule has 0 saturated heterocycles. The van der Waals surface area contributed by atoms with Gasteiger partial charge in [0.25, 0.3) is 0 Å². The third-order valence-electron chi connectivity index (χ3n) is 2.66. The standard InChI is InChI=1S/C14H13FO2/c1-3-12(16)14-7-6-13(17-14)10-5-4-9(2)11(15)8-10/h4-8H,3H2,1-2H3. The fraction of sp³-hybridized carbons (Fsp3) is 0.214. The van der Waals surface area contributed by atoms with Crippen LogP contribution < -0.4 is 0 Å². The van der Waals surface area contributed by atoms with E-state index in [4.69, 9.17) is 4.42 Å². The topological polar surface area (TPSA) is 30.2 Å². The number of carbonyl (C=O) groups excluding carboxylic acids is 1. The van der Waals surface area contributed by atoms with Crippen molar-refractivity contribution in [1.82, 2.24) is 0 Å². The summed E-state index contributed by atoms with van der Waals surface area (Å²) in [5.74, 6) is 0.510. The van der Waals surface area contributed by atoms with E-state index >= 15 is 0 Å². The monoisotopic (exact) mass is 232 g/mol. The molecule has 2 rings (SSSR count). The number of ketones is 1. The lowest BCUT2D eigenvalue weighted by molar-refractivity contribution is 0.0962. The lowest BCUT2D eigenvalue weighted by Crippen LogP contribution is -1.92. The molecule has 0 atom stereocenters. The molecule has 1 aromatic carbocycles. The molecular weight excluding hydrogens is 219 g/mol. The number of furan rings is 1. The zero-order valence-electron chi connectivity index (χ0n) is 9.79. The summed E-state index contributed by atoms with van der Waals surface area (Å²) in [6.45, 7) is 3.48. The molecule has 0 bridgehead atoms. The van der Waals surface area contributed by atoms with Gasteiger partial charge in [-0.3, -0.25) is 4.79 Å². The molecule has 0 aliphatic rings. The van der Waals surface area contributed by atoms with Crippen molar-refractivity contribution in [2.24, 2.45) is 0 Å². The normalized spacial score (nSPS) is 10.5. The maximum atomic E-state index is 13.4. The third-order valence-corrected chi connectivity index (χ3v) is 2.66. The van der Waals surface area contributed by atoms with Crippen molar-refractivity contribution in [2.45, 2.75) is 20.3 Å². The van der Waals surface area contributed by atoms with Gasteiger partial charge in [-0.05, 0) is 30.7 Å². The molecule has 0 fully saturated rings. The van der Waals surface area contributed by atoms with Crippen LogP contribution in [0, 0.1) is 12.7 Å². The molecule has 0 saturated carbocycles. The number of benzene rings is 1. The van der Waals surface area contributed by atoms with Gasteiger partial charge in [-0.25, -0.2) is 4.39 Å². The van der Waals surface area contributed by atoms with E-state index in [9.17, 15) is 9.18 Å². The van der Waals surface area contributed by atoms with Crippen LogP contribution in [0.5, 0.6) is 0 Å². The number of aryl methyl sites for hydroxylation is 1. The van der Waals surface area contributed by atoms with Gasteiger partial charge < -0.3 is 4.42 Å². The lowest BCUT2D eigenvalue weighted by atomic mass is 10.1. The summed E-state index contributed by atoms with van der Waals surface area (Å²) >= 11 is 0. The minimum Gasteiger partial charge on any atom is -0.453 e. The molecule has 0 spiro atoms. The Labute approximate surface area is 99.1 Å². The van der Waals surface area contributed by atoms with Gasteiger partial charge in [-0.2, -0.15) is 0 Å². The van der Waals surface area contributed by atoms with E-state index in [0.29, 0.717) is 29.1 Å². The number of hydrogen-bond acceptors (Lipinski definition) is 2. The summed E-state index contributed by atoms with van der Waals surface area (Å²) in [7, 11) is 0. The maximum absolute atomic E-state index is 13.4. The van der Waals surface area contributed by atoms with Gasteiger partial charge in [-0.1, -0.05) is 19.1 Å². The summed E-state index contributed by atoms with van der Waals surface area (Å²) in [6.07, 6.45) is 0.398. The quantitative estimate of drug-likeness (QED) is 0.749. The van der Waals surface area contributed by atoms with Gasteiger partial charge in [0.1, 0.15) is 11.6 Å². The van der Waals surface area contributed by atoms with E-state index in [0.717, 1.165) is 0 Å². The highest BCUT2D eigenvalue weighted by atomic mass is 19.1. The van der Waals surface area contributed by atoms with Crippen LogP contribution in [0.1, 0.15) is 29.5 Å². The molecule has 0 aliphatic heterocycles. The maximum Gasteiger partial charge on any atom is 0.197 e. The molecule has 0 unspecified atom stereocenters. The van der Waals surface area contributed by atoms with Crippen molar-refractivity contribution in [3.63, 3.8) is 0 Å². The molecule has 1 aromatic heterocycles.